The zero-order valence-corrected chi connectivity index (χ0v) is 12.9. The number of benzene rings is 1. The topological polar surface area (TPSA) is 58.4 Å². The predicted molar refractivity (Wildman–Crippen MR) is 84.1 cm³/mol. The molecule has 0 radical (unpaired) electrons. The molecule has 4 nitrogen and oxygen atoms in total. The van der Waals surface area contributed by atoms with Gasteiger partial charge in [0.1, 0.15) is 0 Å². The van der Waals surface area contributed by atoms with Gasteiger partial charge in [-0.25, -0.2) is 0 Å². The molecule has 0 spiro atoms. The van der Waals surface area contributed by atoms with Crippen LogP contribution < -0.4 is 11.1 Å². The molecule has 0 unspecified atom stereocenters. The van der Waals surface area contributed by atoms with Crippen LogP contribution in [0.5, 0.6) is 0 Å². The van der Waals surface area contributed by atoms with Crippen molar-refractivity contribution in [3.63, 3.8) is 0 Å². The number of likely N-dealkylation sites (tertiary alicyclic amines) is 1. The number of hydrogen-bond acceptors (Lipinski definition) is 3. The van der Waals surface area contributed by atoms with Crippen LogP contribution in [0.1, 0.15) is 6.42 Å². The van der Waals surface area contributed by atoms with Crippen molar-refractivity contribution in [2.24, 2.45) is 5.73 Å². The lowest BCUT2D eigenvalue weighted by atomic mass is 10.3. The zero-order valence-electron chi connectivity index (χ0n) is 9.93. The molecule has 100 valence electrons. The molecule has 1 aromatic rings. The molecule has 0 saturated carbocycles. The summed E-state index contributed by atoms with van der Waals surface area (Å²) >= 11 is 2.23. The van der Waals surface area contributed by atoms with Crippen LogP contribution >= 0.6 is 35.0 Å². The lowest BCUT2D eigenvalue weighted by Gasteiger charge is -2.14. The second kappa shape index (κ2) is 7.28. The first kappa shape index (κ1) is 15.7. The molecule has 6 heteroatoms. The van der Waals surface area contributed by atoms with Crippen molar-refractivity contribution < 1.29 is 4.79 Å². The summed E-state index contributed by atoms with van der Waals surface area (Å²) in [6.07, 6.45) is 0.983. The number of amides is 1. The molecule has 3 N–H and O–H groups in total. The Morgan fingerprint density at radius 1 is 1.56 bits per heavy atom. The Morgan fingerprint density at radius 3 is 2.94 bits per heavy atom. The summed E-state index contributed by atoms with van der Waals surface area (Å²) in [5.41, 5.74) is 6.65. The molecule has 1 atom stereocenters. The minimum atomic E-state index is 0. The molecular weight excluding hydrogens is 365 g/mol. The standard InChI is InChI=1S/C12H16IN3O.ClH/c13-9-2-1-3-11(6-9)15-12(17)8-16-5-4-10(14)7-16;/h1-3,6,10H,4-5,7-8,14H2,(H,15,17);1H/t10-;/m0./s1. The normalized spacial score (nSPS) is 19.3. The molecule has 1 saturated heterocycles. The summed E-state index contributed by atoms with van der Waals surface area (Å²) in [6.45, 7) is 2.17. The maximum atomic E-state index is 11.8. The predicted octanol–water partition coefficient (Wildman–Crippen LogP) is 1.68. The number of rotatable bonds is 3. The molecule has 1 fully saturated rings. The van der Waals surface area contributed by atoms with Gasteiger partial charge in [-0.2, -0.15) is 0 Å². The summed E-state index contributed by atoms with van der Waals surface area (Å²) < 4.78 is 1.11. The van der Waals surface area contributed by atoms with E-state index in [1.54, 1.807) is 0 Å². The molecule has 0 aromatic heterocycles. The summed E-state index contributed by atoms with van der Waals surface area (Å²) in [4.78, 5) is 13.9. The number of nitrogens with one attached hydrogen (secondary N) is 1. The lowest BCUT2D eigenvalue weighted by molar-refractivity contribution is -0.117. The highest BCUT2D eigenvalue weighted by Gasteiger charge is 2.20. The fourth-order valence-electron chi connectivity index (χ4n) is 1.98. The summed E-state index contributed by atoms with van der Waals surface area (Å²) in [5.74, 6) is 0.0288. The third-order valence-electron chi connectivity index (χ3n) is 2.78. The van der Waals surface area contributed by atoms with Crippen molar-refractivity contribution in [3.8, 4) is 0 Å². The minimum Gasteiger partial charge on any atom is -0.326 e. The van der Waals surface area contributed by atoms with Gasteiger partial charge in [0.2, 0.25) is 5.91 Å². The maximum Gasteiger partial charge on any atom is 0.238 e. The maximum absolute atomic E-state index is 11.8. The van der Waals surface area contributed by atoms with Gasteiger partial charge >= 0.3 is 0 Å². The van der Waals surface area contributed by atoms with Gasteiger partial charge in [0.25, 0.3) is 0 Å². The number of nitrogens with zero attached hydrogens (tertiary/aromatic N) is 1. The number of anilines is 1. The average Bonchev–Trinajstić information content (AvgIpc) is 2.63. The van der Waals surface area contributed by atoms with Crippen molar-refractivity contribution in [2.45, 2.75) is 12.5 Å². The number of halogens is 2. The molecule has 1 heterocycles. The van der Waals surface area contributed by atoms with E-state index in [4.69, 9.17) is 5.73 Å². The third-order valence-corrected chi connectivity index (χ3v) is 3.46. The second-order valence-electron chi connectivity index (χ2n) is 4.34. The highest BCUT2D eigenvalue weighted by molar-refractivity contribution is 14.1. The Labute approximate surface area is 127 Å². The van der Waals surface area contributed by atoms with Crippen LogP contribution in [0, 0.1) is 3.57 Å². The van der Waals surface area contributed by atoms with Crippen molar-refractivity contribution in [3.05, 3.63) is 27.8 Å². The number of carbonyl (C=O) groups is 1. The number of nitrogens with two attached hydrogens (primary N) is 1. The number of hydrogen-bond donors (Lipinski definition) is 2. The van der Waals surface area contributed by atoms with Gasteiger partial charge in [-0.3, -0.25) is 9.69 Å². The van der Waals surface area contributed by atoms with E-state index in [0.29, 0.717) is 6.54 Å². The molecule has 1 aromatic carbocycles. The highest BCUT2D eigenvalue weighted by Crippen LogP contribution is 2.13. The molecule has 0 bridgehead atoms. The fraction of sp³-hybridized carbons (Fsp3) is 0.417. The van der Waals surface area contributed by atoms with Crippen LogP contribution in [-0.4, -0.2) is 36.5 Å². The molecule has 18 heavy (non-hydrogen) atoms. The Hall–Kier alpha value is -0.370. The Kier molecular flexibility index (Phi) is 6.34. The molecule has 1 aliphatic rings. The lowest BCUT2D eigenvalue weighted by Crippen LogP contribution is -2.33. The van der Waals surface area contributed by atoms with E-state index < -0.39 is 0 Å². The summed E-state index contributed by atoms with van der Waals surface area (Å²) in [7, 11) is 0. The smallest absolute Gasteiger partial charge is 0.238 e. The highest BCUT2D eigenvalue weighted by atomic mass is 127. The SMILES string of the molecule is Cl.N[C@H]1CCN(CC(=O)Nc2cccc(I)c2)C1. The third kappa shape index (κ3) is 4.72. The van der Waals surface area contributed by atoms with Gasteiger partial charge in [-0.1, -0.05) is 6.07 Å². The van der Waals surface area contributed by atoms with Gasteiger partial charge in [-0.05, 0) is 47.2 Å². The van der Waals surface area contributed by atoms with Gasteiger partial charge in [0.15, 0.2) is 0 Å². The van der Waals surface area contributed by atoms with Crippen LogP contribution in [0.2, 0.25) is 0 Å². The summed E-state index contributed by atoms with van der Waals surface area (Å²) in [5, 5.41) is 2.90. The largest absolute Gasteiger partial charge is 0.326 e. The van der Waals surface area contributed by atoms with Gasteiger partial charge < -0.3 is 11.1 Å². The first-order valence-corrected chi connectivity index (χ1v) is 6.75. The van der Waals surface area contributed by atoms with Crippen molar-refractivity contribution in [2.75, 3.05) is 25.0 Å². The van der Waals surface area contributed by atoms with Gasteiger partial charge in [0, 0.05) is 28.4 Å². The van der Waals surface area contributed by atoms with E-state index in [-0.39, 0.29) is 24.4 Å². The summed E-state index contributed by atoms with van der Waals surface area (Å²) in [6, 6.07) is 8.00. The van der Waals surface area contributed by atoms with E-state index in [1.165, 1.54) is 0 Å². The molecule has 1 amide bonds. The Bertz CT molecular complexity index is 416. The quantitative estimate of drug-likeness (QED) is 0.783. The number of carbonyl (C=O) groups excluding carboxylic acids is 1. The fourth-order valence-corrected chi connectivity index (χ4v) is 2.52. The van der Waals surface area contributed by atoms with E-state index >= 15 is 0 Å². The van der Waals surface area contributed by atoms with Crippen LogP contribution in [0.4, 0.5) is 5.69 Å². The van der Waals surface area contributed by atoms with Gasteiger partial charge in [0.05, 0.1) is 6.54 Å². The first-order chi connectivity index (χ1) is 8.13. The van der Waals surface area contributed by atoms with Crippen molar-refractivity contribution in [1.29, 1.82) is 0 Å². The monoisotopic (exact) mass is 381 g/mol. The zero-order chi connectivity index (χ0) is 12.3. The Morgan fingerprint density at radius 2 is 2.33 bits per heavy atom. The Balaban J connectivity index is 0.00000162. The average molecular weight is 382 g/mol. The first-order valence-electron chi connectivity index (χ1n) is 5.67. The molecule has 0 aliphatic carbocycles. The van der Waals surface area contributed by atoms with E-state index in [9.17, 15) is 4.79 Å². The van der Waals surface area contributed by atoms with Gasteiger partial charge in [-0.15, -0.1) is 12.4 Å². The second-order valence-corrected chi connectivity index (χ2v) is 5.59. The van der Waals surface area contributed by atoms with Crippen LogP contribution in [0.15, 0.2) is 24.3 Å². The molecule has 2 rings (SSSR count). The van der Waals surface area contributed by atoms with Crippen LogP contribution in [-0.2, 0) is 4.79 Å². The van der Waals surface area contributed by atoms with Crippen LogP contribution in [0.25, 0.3) is 0 Å². The molecular formula is C12H17ClIN3O. The van der Waals surface area contributed by atoms with E-state index in [1.807, 2.05) is 24.3 Å². The minimum absolute atomic E-state index is 0. The van der Waals surface area contributed by atoms with E-state index in [2.05, 4.69) is 32.8 Å². The van der Waals surface area contributed by atoms with E-state index in [0.717, 1.165) is 28.8 Å². The van der Waals surface area contributed by atoms with Crippen molar-refractivity contribution in [1.82, 2.24) is 4.90 Å². The molecule has 1 aliphatic heterocycles. The van der Waals surface area contributed by atoms with Crippen molar-refractivity contribution >= 4 is 46.6 Å². The van der Waals surface area contributed by atoms with Crippen LogP contribution in [0.3, 0.4) is 0 Å².